The number of rotatable bonds is 10. The number of carbonyl (C=O) groups excluding carboxylic acids is 1. The molecule has 0 saturated carbocycles. The van der Waals surface area contributed by atoms with Crippen molar-refractivity contribution in [2.24, 2.45) is 0 Å². The Morgan fingerprint density at radius 2 is 2.00 bits per heavy atom. The Hall–Kier alpha value is -2.77. The molecule has 0 aliphatic carbocycles. The van der Waals surface area contributed by atoms with E-state index >= 15 is 0 Å². The maximum atomic E-state index is 12.3. The summed E-state index contributed by atoms with van der Waals surface area (Å²) in [6.07, 6.45) is 2.48. The largest absolute Gasteiger partial charge is 0.496 e. The van der Waals surface area contributed by atoms with Crippen molar-refractivity contribution in [3.63, 3.8) is 0 Å². The Kier molecular flexibility index (Phi) is 7.93. The fraction of sp³-hybridized carbons (Fsp3) is 0.227. The molecule has 0 atom stereocenters. The number of allylic oxidation sites excluding steroid dienone is 1. The molecule has 0 bridgehead atoms. The van der Waals surface area contributed by atoms with Crippen LogP contribution in [-0.2, 0) is 17.8 Å². The molecule has 0 aliphatic rings. The zero-order chi connectivity index (χ0) is 21.3. The van der Waals surface area contributed by atoms with E-state index in [1.54, 1.807) is 13.2 Å². The maximum Gasteiger partial charge on any atom is 0.230 e. The van der Waals surface area contributed by atoms with Gasteiger partial charge in [0, 0.05) is 23.7 Å². The average molecular weight is 443 g/mol. The molecule has 0 aliphatic heterocycles. The van der Waals surface area contributed by atoms with Crippen molar-refractivity contribution in [2.45, 2.75) is 18.1 Å². The lowest BCUT2D eigenvalue weighted by atomic mass is 10.1. The molecule has 0 radical (unpaired) electrons. The minimum atomic E-state index is -0.0592. The number of methoxy groups -OCH3 is 1. The van der Waals surface area contributed by atoms with E-state index in [0.29, 0.717) is 35.5 Å². The highest BCUT2D eigenvalue weighted by atomic mass is 35.5. The van der Waals surface area contributed by atoms with Gasteiger partial charge in [0.2, 0.25) is 5.91 Å². The quantitative estimate of drug-likeness (QED) is 0.375. The standard InChI is InChI=1S/C22H23ClN4O2S/c1-3-14-27-21(17-8-10-18(23)11-9-17)25-26-22(27)30-15-20(28)24-13-12-16-6-4-5-7-19(16)29-2/h3-11H,1,12-15H2,2H3,(H,24,28). The van der Waals surface area contributed by atoms with Gasteiger partial charge in [-0.15, -0.1) is 16.8 Å². The van der Waals surface area contributed by atoms with Crippen LogP contribution in [-0.4, -0.2) is 40.1 Å². The number of ether oxygens (including phenoxy) is 1. The molecule has 0 unspecified atom stereocenters. The summed E-state index contributed by atoms with van der Waals surface area (Å²) in [5.41, 5.74) is 1.97. The zero-order valence-electron chi connectivity index (χ0n) is 16.7. The highest BCUT2D eigenvalue weighted by molar-refractivity contribution is 7.99. The molecular formula is C22H23ClN4O2S. The van der Waals surface area contributed by atoms with E-state index < -0.39 is 0 Å². The molecule has 156 valence electrons. The van der Waals surface area contributed by atoms with Crippen molar-refractivity contribution in [1.29, 1.82) is 0 Å². The number of para-hydroxylation sites is 1. The number of halogens is 1. The topological polar surface area (TPSA) is 69.0 Å². The molecule has 30 heavy (non-hydrogen) atoms. The van der Waals surface area contributed by atoms with Crippen molar-refractivity contribution < 1.29 is 9.53 Å². The van der Waals surface area contributed by atoms with Crippen molar-refractivity contribution in [2.75, 3.05) is 19.4 Å². The van der Waals surface area contributed by atoms with Gasteiger partial charge >= 0.3 is 0 Å². The summed E-state index contributed by atoms with van der Waals surface area (Å²) in [6, 6.07) is 15.2. The van der Waals surface area contributed by atoms with E-state index in [-0.39, 0.29) is 11.7 Å². The van der Waals surface area contributed by atoms with E-state index in [1.165, 1.54) is 11.8 Å². The second kappa shape index (κ2) is 10.8. The fourth-order valence-corrected chi connectivity index (χ4v) is 3.83. The van der Waals surface area contributed by atoms with Crippen molar-refractivity contribution in [3.8, 4) is 17.1 Å². The lowest BCUT2D eigenvalue weighted by molar-refractivity contribution is -0.118. The van der Waals surface area contributed by atoms with Crippen LogP contribution < -0.4 is 10.1 Å². The number of aromatic nitrogens is 3. The number of benzene rings is 2. The van der Waals surface area contributed by atoms with Gasteiger partial charge in [0.1, 0.15) is 5.75 Å². The summed E-state index contributed by atoms with van der Waals surface area (Å²) in [4.78, 5) is 12.3. The minimum absolute atomic E-state index is 0.0592. The number of nitrogens with zero attached hydrogens (tertiary/aromatic N) is 3. The molecule has 8 heteroatoms. The van der Waals surface area contributed by atoms with Gasteiger partial charge in [0.25, 0.3) is 0 Å². The molecule has 3 aromatic rings. The van der Waals surface area contributed by atoms with Crippen LogP contribution in [0.3, 0.4) is 0 Å². The zero-order valence-corrected chi connectivity index (χ0v) is 18.2. The number of hydrogen-bond acceptors (Lipinski definition) is 5. The van der Waals surface area contributed by atoms with E-state index in [1.807, 2.05) is 53.1 Å². The number of nitrogens with one attached hydrogen (secondary N) is 1. The Bertz CT molecular complexity index is 1000. The average Bonchev–Trinajstić information content (AvgIpc) is 3.16. The van der Waals surface area contributed by atoms with Gasteiger partial charge in [0.05, 0.1) is 12.9 Å². The van der Waals surface area contributed by atoms with Gasteiger partial charge in [-0.1, -0.05) is 47.6 Å². The highest BCUT2D eigenvalue weighted by Gasteiger charge is 2.15. The van der Waals surface area contributed by atoms with Crippen LogP contribution in [0, 0.1) is 0 Å². The van der Waals surface area contributed by atoms with Gasteiger partial charge in [-0.05, 0) is 42.3 Å². The summed E-state index contributed by atoms with van der Waals surface area (Å²) in [5.74, 6) is 1.73. The van der Waals surface area contributed by atoms with Crippen LogP contribution in [0.1, 0.15) is 5.56 Å². The van der Waals surface area contributed by atoms with Crippen molar-refractivity contribution >= 4 is 29.3 Å². The third kappa shape index (κ3) is 5.64. The molecule has 2 aromatic carbocycles. The van der Waals surface area contributed by atoms with Gasteiger partial charge in [-0.3, -0.25) is 9.36 Å². The normalized spacial score (nSPS) is 10.6. The maximum absolute atomic E-state index is 12.3. The molecule has 0 saturated heterocycles. The molecule has 0 spiro atoms. The molecule has 6 nitrogen and oxygen atoms in total. The second-order valence-electron chi connectivity index (χ2n) is 6.41. The number of thioether (sulfide) groups is 1. The Morgan fingerprint density at radius 1 is 1.23 bits per heavy atom. The monoisotopic (exact) mass is 442 g/mol. The van der Waals surface area contributed by atoms with Crippen LogP contribution in [0.15, 0.2) is 66.3 Å². The lowest BCUT2D eigenvalue weighted by Crippen LogP contribution is -2.27. The molecule has 1 amide bonds. The predicted molar refractivity (Wildman–Crippen MR) is 121 cm³/mol. The van der Waals surface area contributed by atoms with Gasteiger partial charge in [-0.25, -0.2) is 0 Å². The fourth-order valence-electron chi connectivity index (χ4n) is 2.93. The molecule has 1 N–H and O–H groups in total. The molecular weight excluding hydrogens is 420 g/mol. The van der Waals surface area contributed by atoms with Gasteiger partial charge < -0.3 is 10.1 Å². The Balaban J connectivity index is 1.57. The number of carbonyl (C=O) groups is 1. The summed E-state index contributed by atoms with van der Waals surface area (Å²) >= 11 is 7.32. The van der Waals surface area contributed by atoms with Gasteiger partial charge in [0.15, 0.2) is 11.0 Å². The summed E-state index contributed by atoms with van der Waals surface area (Å²) in [6.45, 7) is 4.89. The molecule has 0 fully saturated rings. The van der Waals surface area contributed by atoms with Crippen LogP contribution >= 0.6 is 23.4 Å². The summed E-state index contributed by atoms with van der Waals surface area (Å²) < 4.78 is 7.27. The molecule has 1 aromatic heterocycles. The lowest BCUT2D eigenvalue weighted by Gasteiger charge is -2.10. The van der Waals surface area contributed by atoms with E-state index in [9.17, 15) is 4.79 Å². The van der Waals surface area contributed by atoms with Crippen LogP contribution in [0.25, 0.3) is 11.4 Å². The van der Waals surface area contributed by atoms with E-state index in [4.69, 9.17) is 16.3 Å². The number of amides is 1. The molecule has 1 heterocycles. The van der Waals surface area contributed by atoms with Crippen LogP contribution in [0.5, 0.6) is 5.75 Å². The first-order valence-corrected chi connectivity index (χ1v) is 10.8. The van der Waals surface area contributed by atoms with Crippen LogP contribution in [0.2, 0.25) is 5.02 Å². The first kappa shape index (κ1) is 21.9. The third-order valence-electron chi connectivity index (χ3n) is 4.37. The van der Waals surface area contributed by atoms with Crippen molar-refractivity contribution in [3.05, 3.63) is 71.8 Å². The predicted octanol–water partition coefficient (Wildman–Crippen LogP) is 4.24. The second-order valence-corrected chi connectivity index (χ2v) is 7.79. The van der Waals surface area contributed by atoms with Crippen molar-refractivity contribution in [1.82, 2.24) is 20.1 Å². The first-order chi connectivity index (χ1) is 14.6. The number of hydrogen-bond donors (Lipinski definition) is 1. The third-order valence-corrected chi connectivity index (χ3v) is 5.59. The Labute approximate surface area is 185 Å². The highest BCUT2D eigenvalue weighted by Crippen LogP contribution is 2.25. The van der Waals surface area contributed by atoms with E-state index in [0.717, 1.165) is 16.9 Å². The summed E-state index contributed by atoms with van der Waals surface area (Å²) in [7, 11) is 1.64. The smallest absolute Gasteiger partial charge is 0.230 e. The van der Waals surface area contributed by atoms with Crippen LogP contribution in [0.4, 0.5) is 0 Å². The SMILES string of the molecule is C=CCn1c(SCC(=O)NCCc2ccccc2OC)nnc1-c1ccc(Cl)cc1. The molecule has 3 rings (SSSR count). The Morgan fingerprint density at radius 3 is 2.73 bits per heavy atom. The van der Waals surface area contributed by atoms with E-state index in [2.05, 4.69) is 22.1 Å². The summed E-state index contributed by atoms with van der Waals surface area (Å²) in [5, 5.41) is 12.8. The first-order valence-electron chi connectivity index (χ1n) is 9.43. The minimum Gasteiger partial charge on any atom is -0.496 e. The van der Waals surface area contributed by atoms with Gasteiger partial charge in [-0.2, -0.15) is 0 Å².